The topological polar surface area (TPSA) is 18.5 Å². The Kier molecular flexibility index (Phi) is 4.90. The highest BCUT2D eigenvalue weighted by Gasteiger charge is 2.15. The Bertz CT molecular complexity index is 296. The van der Waals surface area contributed by atoms with Gasteiger partial charge in [-0.15, -0.1) is 0 Å². The van der Waals surface area contributed by atoms with E-state index in [9.17, 15) is 4.39 Å². The van der Waals surface area contributed by atoms with Gasteiger partial charge < -0.3 is 9.47 Å². The van der Waals surface area contributed by atoms with Crippen LogP contribution in [-0.4, -0.2) is 12.2 Å². The van der Waals surface area contributed by atoms with Crippen LogP contribution in [0.25, 0.3) is 0 Å². The number of hydrogen-bond donors (Lipinski definition) is 0. The van der Waals surface area contributed by atoms with Crippen molar-refractivity contribution in [2.45, 2.75) is 46.2 Å². The van der Waals surface area contributed by atoms with Gasteiger partial charge in [-0.05, 0) is 39.8 Å². The number of rotatable bonds is 5. The molecule has 16 heavy (non-hydrogen) atoms. The average Bonchev–Trinajstić information content (AvgIpc) is 2.16. The second kappa shape index (κ2) is 5.97. The third kappa shape index (κ3) is 4.29. The highest BCUT2D eigenvalue weighted by molar-refractivity contribution is 5.17. The monoisotopic (exact) mass is 226 g/mol. The molecule has 0 aliphatic carbocycles. The summed E-state index contributed by atoms with van der Waals surface area (Å²) in [6.07, 6.45) is -0.303. The Balaban J connectivity index is 2.78. The Morgan fingerprint density at radius 3 is 1.69 bits per heavy atom. The molecule has 0 fully saturated rings. The lowest BCUT2D eigenvalue weighted by Crippen LogP contribution is -2.17. The smallest absolute Gasteiger partial charge is 0.184 e. The molecule has 0 spiro atoms. The summed E-state index contributed by atoms with van der Waals surface area (Å²) in [6, 6.07) is 6.20. The molecule has 0 atom stereocenters. The van der Waals surface area contributed by atoms with Crippen molar-refractivity contribution in [1.82, 2.24) is 0 Å². The minimum absolute atomic E-state index is 0.0637. The quantitative estimate of drug-likeness (QED) is 0.713. The fourth-order valence-electron chi connectivity index (χ4n) is 1.30. The van der Waals surface area contributed by atoms with E-state index in [1.165, 1.54) is 12.1 Å². The summed E-state index contributed by atoms with van der Waals surface area (Å²) in [4.78, 5) is 0. The van der Waals surface area contributed by atoms with Crippen LogP contribution in [0.4, 0.5) is 4.39 Å². The molecule has 90 valence electrons. The first-order valence-corrected chi connectivity index (χ1v) is 5.55. The first-order valence-electron chi connectivity index (χ1n) is 5.55. The molecule has 0 bridgehead atoms. The molecule has 1 rings (SSSR count). The summed E-state index contributed by atoms with van der Waals surface area (Å²) < 4.78 is 24.1. The van der Waals surface area contributed by atoms with Gasteiger partial charge in [0, 0.05) is 5.56 Å². The molecule has 0 radical (unpaired) electrons. The van der Waals surface area contributed by atoms with Crippen LogP contribution < -0.4 is 0 Å². The van der Waals surface area contributed by atoms with E-state index in [4.69, 9.17) is 9.47 Å². The molecule has 0 unspecified atom stereocenters. The molecule has 0 aromatic heterocycles. The van der Waals surface area contributed by atoms with E-state index in [-0.39, 0.29) is 18.0 Å². The van der Waals surface area contributed by atoms with Gasteiger partial charge >= 0.3 is 0 Å². The molecule has 0 aliphatic rings. The fraction of sp³-hybridized carbons (Fsp3) is 0.538. The van der Waals surface area contributed by atoms with Crippen molar-refractivity contribution in [2.75, 3.05) is 0 Å². The highest BCUT2D eigenvalue weighted by atomic mass is 19.1. The maximum absolute atomic E-state index is 12.8. The summed E-state index contributed by atoms with van der Waals surface area (Å²) in [5, 5.41) is 0. The lowest BCUT2D eigenvalue weighted by atomic mass is 10.2. The van der Waals surface area contributed by atoms with Gasteiger partial charge in [-0.3, -0.25) is 0 Å². The molecular weight excluding hydrogens is 207 g/mol. The summed E-state index contributed by atoms with van der Waals surface area (Å²) >= 11 is 0. The van der Waals surface area contributed by atoms with Crippen LogP contribution in [0.3, 0.4) is 0 Å². The van der Waals surface area contributed by atoms with E-state index in [1.54, 1.807) is 12.1 Å². The SMILES string of the molecule is CC(C)OC(OC(C)C)c1ccc(F)cc1. The Hall–Kier alpha value is -0.930. The minimum atomic E-state index is -0.430. The number of benzene rings is 1. The number of ether oxygens (including phenoxy) is 2. The number of hydrogen-bond acceptors (Lipinski definition) is 2. The molecule has 0 aliphatic heterocycles. The van der Waals surface area contributed by atoms with Crippen LogP contribution in [-0.2, 0) is 9.47 Å². The Labute approximate surface area is 96.4 Å². The van der Waals surface area contributed by atoms with E-state index in [0.717, 1.165) is 5.56 Å². The number of halogens is 1. The maximum atomic E-state index is 12.8. The van der Waals surface area contributed by atoms with Gasteiger partial charge in [-0.25, -0.2) is 4.39 Å². The van der Waals surface area contributed by atoms with Crippen molar-refractivity contribution in [3.63, 3.8) is 0 Å². The lowest BCUT2D eigenvalue weighted by Gasteiger charge is -2.23. The Morgan fingerprint density at radius 1 is 0.875 bits per heavy atom. The zero-order chi connectivity index (χ0) is 12.1. The molecule has 1 aromatic rings. The van der Waals surface area contributed by atoms with Crippen molar-refractivity contribution in [3.05, 3.63) is 35.6 Å². The van der Waals surface area contributed by atoms with Crippen molar-refractivity contribution in [1.29, 1.82) is 0 Å². The normalized spacial score (nSPS) is 11.8. The minimum Gasteiger partial charge on any atom is -0.346 e. The fourth-order valence-corrected chi connectivity index (χ4v) is 1.30. The van der Waals surface area contributed by atoms with Gasteiger partial charge in [0.25, 0.3) is 0 Å². The zero-order valence-corrected chi connectivity index (χ0v) is 10.2. The molecule has 0 saturated heterocycles. The third-order valence-corrected chi connectivity index (χ3v) is 1.93. The molecule has 1 aromatic carbocycles. The van der Waals surface area contributed by atoms with Crippen LogP contribution in [0.5, 0.6) is 0 Å². The second-order valence-corrected chi connectivity index (χ2v) is 4.25. The predicted molar refractivity (Wildman–Crippen MR) is 61.6 cm³/mol. The van der Waals surface area contributed by atoms with Gasteiger partial charge in [0.15, 0.2) is 6.29 Å². The summed E-state index contributed by atoms with van der Waals surface area (Å²) in [5.74, 6) is -0.253. The van der Waals surface area contributed by atoms with Crippen LogP contribution >= 0.6 is 0 Å². The molecule has 2 nitrogen and oxygen atoms in total. The molecule has 0 heterocycles. The van der Waals surface area contributed by atoms with Gasteiger partial charge in [0.05, 0.1) is 12.2 Å². The van der Waals surface area contributed by atoms with E-state index < -0.39 is 6.29 Å². The summed E-state index contributed by atoms with van der Waals surface area (Å²) in [7, 11) is 0. The van der Waals surface area contributed by atoms with Crippen LogP contribution in [0, 0.1) is 5.82 Å². The average molecular weight is 226 g/mol. The van der Waals surface area contributed by atoms with Crippen LogP contribution in [0.1, 0.15) is 39.5 Å². The third-order valence-electron chi connectivity index (χ3n) is 1.93. The van der Waals surface area contributed by atoms with Crippen molar-refractivity contribution >= 4 is 0 Å². The van der Waals surface area contributed by atoms with Crippen LogP contribution in [0.2, 0.25) is 0 Å². The molecule has 0 N–H and O–H groups in total. The zero-order valence-electron chi connectivity index (χ0n) is 10.2. The lowest BCUT2D eigenvalue weighted by molar-refractivity contribution is -0.185. The molecular formula is C13H19FO2. The van der Waals surface area contributed by atoms with Gasteiger partial charge in [-0.1, -0.05) is 12.1 Å². The van der Waals surface area contributed by atoms with E-state index in [2.05, 4.69) is 0 Å². The van der Waals surface area contributed by atoms with Gasteiger partial charge in [0.2, 0.25) is 0 Å². The van der Waals surface area contributed by atoms with Crippen LogP contribution in [0.15, 0.2) is 24.3 Å². The van der Waals surface area contributed by atoms with Gasteiger partial charge in [-0.2, -0.15) is 0 Å². The highest BCUT2D eigenvalue weighted by Crippen LogP contribution is 2.22. The standard InChI is InChI=1S/C13H19FO2/c1-9(2)15-13(16-10(3)4)11-5-7-12(14)8-6-11/h5-10,13H,1-4H3. The summed E-state index contributed by atoms with van der Waals surface area (Å²) in [5.41, 5.74) is 0.837. The summed E-state index contributed by atoms with van der Waals surface area (Å²) in [6.45, 7) is 7.78. The first-order chi connectivity index (χ1) is 7.49. The van der Waals surface area contributed by atoms with Crippen molar-refractivity contribution in [2.24, 2.45) is 0 Å². The van der Waals surface area contributed by atoms with E-state index in [0.29, 0.717) is 0 Å². The van der Waals surface area contributed by atoms with Crippen molar-refractivity contribution in [3.8, 4) is 0 Å². The maximum Gasteiger partial charge on any atom is 0.184 e. The largest absolute Gasteiger partial charge is 0.346 e. The van der Waals surface area contributed by atoms with E-state index >= 15 is 0 Å². The van der Waals surface area contributed by atoms with Crippen molar-refractivity contribution < 1.29 is 13.9 Å². The van der Waals surface area contributed by atoms with E-state index in [1.807, 2.05) is 27.7 Å². The molecule has 3 heteroatoms. The first kappa shape index (κ1) is 13.1. The second-order valence-electron chi connectivity index (χ2n) is 4.25. The van der Waals surface area contributed by atoms with Gasteiger partial charge in [0.1, 0.15) is 5.82 Å². The molecule has 0 saturated carbocycles. The predicted octanol–water partition coefficient (Wildman–Crippen LogP) is 3.67. The Morgan fingerprint density at radius 2 is 1.31 bits per heavy atom. The molecule has 0 amide bonds.